The lowest BCUT2D eigenvalue weighted by atomic mass is 10.00. The van der Waals surface area contributed by atoms with Crippen LogP contribution in [0.1, 0.15) is 31.2 Å². The highest BCUT2D eigenvalue weighted by Crippen LogP contribution is 2.10. The average molecular weight is 317 g/mol. The van der Waals surface area contributed by atoms with Crippen molar-refractivity contribution >= 4 is 17.7 Å². The van der Waals surface area contributed by atoms with Gasteiger partial charge in [0, 0.05) is 12.5 Å². The Kier molecular flexibility index (Phi) is 6.59. The van der Waals surface area contributed by atoms with Crippen LogP contribution in [0.15, 0.2) is 30.3 Å². The zero-order chi connectivity index (χ0) is 16.5. The average Bonchev–Trinajstić information content (AvgIpc) is 2.56. The fourth-order valence-electron chi connectivity index (χ4n) is 2.59. The summed E-state index contributed by atoms with van der Waals surface area (Å²) in [5, 5.41) is 8.04. The van der Waals surface area contributed by atoms with Crippen molar-refractivity contribution in [2.24, 2.45) is 0 Å². The first kappa shape index (κ1) is 17.0. The summed E-state index contributed by atoms with van der Waals surface area (Å²) in [5.41, 5.74) is 1.16. The molecule has 0 spiro atoms. The third kappa shape index (κ3) is 6.50. The zero-order valence-electron chi connectivity index (χ0n) is 13.1. The molecule has 1 saturated heterocycles. The number of hydrogen-bond acceptors (Lipinski definition) is 3. The van der Waals surface area contributed by atoms with Crippen molar-refractivity contribution in [1.82, 2.24) is 16.0 Å². The van der Waals surface area contributed by atoms with Crippen LogP contribution in [-0.2, 0) is 20.8 Å². The molecule has 1 aromatic carbocycles. The molecule has 0 aromatic heterocycles. The van der Waals surface area contributed by atoms with Gasteiger partial charge in [-0.05, 0) is 24.8 Å². The molecule has 1 aromatic rings. The van der Waals surface area contributed by atoms with Gasteiger partial charge in [-0.3, -0.25) is 14.4 Å². The molecular formula is C17H23N3O3. The highest BCUT2D eigenvalue weighted by molar-refractivity contribution is 5.88. The largest absolute Gasteiger partial charge is 0.352 e. The van der Waals surface area contributed by atoms with Crippen LogP contribution in [0.4, 0.5) is 0 Å². The van der Waals surface area contributed by atoms with Crippen molar-refractivity contribution in [2.45, 2.75) is 38.1 Å². The molecule has 0 unspecified atom stereocenters. The third-order valence-corrected chi connectivity index (χ3v) is 3.79. The van der Waals surface area contributed by atoms with Crippen LogP contribution < -0.4 is 16.0 Å². The van der Waals surface area contributed by atoms with E-state index in [4.69, 9.17) is 0 Å². The molecule has 2 rings (SSSR count). The fraction of sp³-hybridized carbons (Fsp3) is 0.471. The van der Waals surface area contributed by atoms with Crippen molar-refractivity contribution in [3.05, 3.63) is 35.9 Å². The predicted molar refractivity (Wildman–Crippen MR) is 86.6 cm³/mol. The first-order valence-corrected chi connectivity index (χ1v) is 8.00. The lowest BCUT2D eigenvalue weighted by Crippen LogP contribution is -2.44. The fourth-order valence-corrected chi connectivity index (χ4v) is 2.59. The second-order valence-corrected chi connectivity index (χ2v) is 5.75. The van der Waals surface area contributed by atoms with Crippen molar-refractivity contribution < 1.29 is 14.4 Å². The standard InChI is InChI=1S/C17H23N3O3/c21-15-9-5-4-8-14(10-13-6-2-1-3-7-13)20-17(23)12-19-16(22)11-18-15/h1-3,6-7,14H,4-5,8-12H2,(H,18,21)(H,19,22)(H,20,23)/t14-/m1/s1. The maximum Gasteiger partial charge on any atom is 0.239 e. The van der Waals surface area contributed by atoms with Crippen LogP contribution >= 0.6 is 0 Å². The topological polar surface area (TPSA) is 87.3 Å². The molecule has 1 heterocycles. The summed E-state index contributed by atoms with van der Waals surface area (Å²) >= 11 is 0. The van der Waals surface area contributed by atoms with Gasteiger partial charge in [0.15, 0.2) is 0 Å². The van der Waals surface area contributed by atoms with Gasteiger partial charge in [-0.25, -0.2) is 0 Å². The second kappa shape index (κ2) is 8.92. The number of rotatable bonds is 2. The second-order valence-electron chi connectivity index (χ2n) is 5.75. The Hall–Kier alpha value is -2.37. The SMILES string of the molecule is O=C1CCCC[C@H](Cc2ccccc2)NC(=O)CNC(=O)CN1. The molecule has 6 heteroatoms. The van der Waals surface area contributed by atoms with Gasteiger partial charge in [0.1, 0.15) is 0 Å². The molecule has 1 aliphatic heterocycles. The van der Waals surface area contributed by atoms with Crippen LogP contribution in [-0.4, -0.2) is 36.9 Å². The first-order valence-electron chi connectivity index (χ1n) is 8.00. The van der Waals surface area contributed by atoms with E-state index in [1.54, 1.807) is 0 Å². The van der Waals surface area contributed by atoms with Gasteiger partial charge in [0.05, 0.1) is 13.1 Å². The van der Waals surface area contributed by atoms with Crippen LogP contribution in [0.5, 0.6) is 0 Å². The van der Waals surface area contributed by atoms with Gasteiger partial charge in [-0.2, -0.15) is 0 Å². The highest BCUT2D eigenvalue weighted by atomic mass is 16.2. The smallest absolute Gasteiger partial charge is 0.239 e. The number of carbonyl (C=O) groups excluding carboxylic acids is 3. The van der Waals surface area contributed by atoms with E-state index in [1.165, 1.54) is 0 Å². The van der Waals surface area contributed by atoms with Crippen molar-refractivity contribution in [2.75, 3.05) is 13.1 Å². The minimum absolute atomic E-state index is 0.00520. The van der Waals surface area contributed by atoms with E-state index in [2.05, 4.69) is 16.0 Å². The normalized spacial score (nSPS) is 21.0. The predicted octanol–water partition coefficient (Wildman–Crippen LogP) is 0.520. The molecule has 3 N–H and O–H groups in total. The van der Waals surface area contributed by atoms with Gasteiger partial charge in [-0.15, -0.1) is 0 Å². The molecule has 1 aliphatic rings. The molecule has 0 bridgehead atoms. The third-order valence-electron chi connectivity index (χ3n) is 3.79. The summed E-state index contributed by atoms with van der Waals surface area (Å²) < 4.78 is 0. The van der Waals surface area contributed by atoms with Crippen LogP contribution in [0, 0.1) is 0 Å². The Morgan fingerprint density at radius 1 is 0.870 bits per heavy atom. The molecule has 23 heavy (non-hydrogen) atoms. The molecule has 1 fully saturated rings. The van der Waals surface area contributed by atoms with Crippen LogP contribution in [0.2, 0.25) is 0 Å². The monoisotopic (exact) mass is 317 g/mol. The molecule has 6 nitrogen and oxygen atoms in total. The number of benzene rings is 1. The Bertz CT molecular complexity index is 545. The maximum absolute atomic E-state index is 12.0. The Morgan fingerprint density at radius 2 is 1.57 bits per heavy atom. The van der Waals surface area contributed by atoms with Gasteiger partial charge >= 0.3 is 0 Å². The van der Waals surface area contributed by atoms with E-state index in [9.17, 15) is 14.4 Å². The molecule has 3 amide bonds. The van der Waals surface area contributed by atoms with E-state index in [-0.39, 0.29) is 36.9 Å². The Labute approximate surface area is 136 Å². The van der Waals surface area contributed by atoms with Gasteiger partial charge < -0.3 is 16.0 Å². The van der Waals surface area contributed by atoms with Gasteiger partial charge in [-0.1, -0.05) is 36.8 Å². The lowest BCUT2D eigenvalue weighted by Gasteiger charge is -2.19. The van der Waals surface area contributed by atoms with E-state index < -0.39 is 0 Å². The number of nitrogens with one attached hydrogen (secondary N) is 3. The zero-order valence-corrected chi connectivity index (χ0v) is 13.1. The van der Waals surface area contributed by atoms with E-state index in [0.717, 1.165) is 31.2 Å². The van der Waals surface area contributed by atoms with E-state index >= 15 is 0 Å². The Morgan fingerprint density at radius 3 is 2.35 bits per heavy atom. The molecule has 1 atom stereocenters. The van der Waals surface area contributed by atoms with Crippen LogP contribution in [0.25, 0.3) is 0 Å². The lowest BCUT2D eigenvalue weighted by molar-refractivity contribution is -0.127. The summed E-state index contributed by atoms with van der Waals surface area (Å²) in [6, 6.07) is 9.97. The molecule has 0 aliphatic carbocycles. The minimum Gasteiger partial charge on any atom is -0.352 e. The number of carbonyl (C=O) groups is 3. The number of amides is 3. The van der Waals surface area contributed by atoms with E-state index in [1.807, 2.05) is 30.3 Å². The minimum atomic E-state index is -0.354. The van der Waals surface area contributed by atoms with E-state index in [0.29, 0.717) is 6.42 Å². The van der Waals surface area contributed by atoms with Gasteiger partial charge in [0.2, 0.25) is 17.7 Å². The summed E-state index contributed by atoms with van der Waals surface area (Å²) in [6.07, 6.45) is 3.55. The van der Waals surface area contributed by atoms with Crippen LogP contribution in [0.3, 0.4) is 0 Å². The van der Waals surface area contributed by atoms with Crippen molar-refractivity contribution in [3.63, 3.8) is 0 Å². The summed E-state index contributed by atoms with van der Waals surface area (Å²) in [7, 11) is 0. The van der Waals surface area contributed by atoms with Crippen molar-refractivity contribution in [3.8, 4) is 0 Å². The quantitative estimate of drug-likeness (QED) is 0.743. The maximum atomic E-state index is 12.0. The molecule has 0 radical (unpaired) electrons. The number of hydrogen-bond donors (Lipinski definition) is 3. The summed E-state index contributed by atoms with van der Waals surface area (Å²) in [6.45, 7) is -0.153. The summed E-state index contributed by atoms with van der Waals surface area (Å²) in [4.78, 5) is 35.1. The van der Waals surface area contributed by atoms with Gasteiger partial charge in [0.25, 0.3) is 0 Å². The highest BCUT2D eigenvalue weighted by Gasteiger charge is 2.15. The summed E-state index contributed by atoms with van der Waals surface area (Å²) in [5.74, 6) is -0.685. The molecule has 0 saturated carbocycles. The molecular weight excluding hydrogens is 294 g/mol. The van der Waals surface area contributed by atoms with Crippen molar-refractivity contribution in [1.29, 1.82) is 0 Å². The molecule has 124 valence electrons. The first-order chi connectivity index (χ1) is 11.1. The Balaban J connectivity index is 1.97.